The van der Waals surface area contributed by atoms with Crippen molar-refractivity contribution >= 4 is 0 Å². The quantitative estimate of drug-likeness (QED) is 0.692. The minimum atomic E-state index is -0.143. The van der Waals surface area contributed by atoms with Crippen molar-refractivity contribution in [1.82, 2.24) is 0 Å². The van der Waals surface area contributed by atoms with Gasteiger partial charge >= 0.3 is 0 Å². The number of allylic oxidation sites excluding steroid dienone is 4. The maximum atomic E-state index is 9.48. The summed E-state index contributed by atoms with van der Waals surface area (Å²) in [4.78, 5) is 0. The predicted octanol–water partition coefficient (Wildman–Crippen LogP) is 2.45. The van der Waals surface area contributed by atoms with Gasteiger partial charge in [0.05, 0.1) is 0 Å². The topological polar surface area (TPSA) is 66.5 Å². The van der Waals surface area contributed by atoms with Crippen molar-refractivity contribution in [3.8, 4) is 0 Å². The second kappa shape index (κ2) is 6.58. The summed E-state index contributed by atoms with van der Waals surface area (Å²) in [5, 5.41) is 18.8. The molecular weight excluding hydrogens is 238 g/mol. The molecule has 1 aliphatic rings. The molecule has 19 heavy (non-hydrogen) atoms. The third-order valence-electron chi connectivity index (χ3n) is 4.52. The number of rotatable bonds is 6. The molecule has 0 radical (unpaired) electrons. The lowest BCUT2D eigenvalue weighted by atomic mass is 9.60. The zero-order chi connectivity index (χ0) is 14.6. The van der Waals surface area contributed by atoms with Gasteiger partial charge in [-0.05, 0) is 36.3 Å². The van der Waals surface area contributed by atoms with E-state index in [1.807, 2.05) is 0 Å². The summed E-state index contributed by atoms with van der Waals surface area (Å²) in [6.07, 6.45) is 5.71. The molecule has 4 N–H and O–H groups in total. The van der Waals surface area contributed by atoms with Crippen LogP contribution in [0.25, 0.3) is 0 Å². The van der Waals surface area contributed by atoms with Crippen molar-refractivity contribution in [1.29, 1.82) is 0 Å². The van der Waals surface area contributed by atoms with Crippen molar-refractivity contribution in [2.24, 2.45) is 28.9 Å². The molecule has 110 valence electrons. The summed E-state index contributed by atoms with van der Waals surface area (Å²) >= 11 is 0. The van der Waals surface area contributed by atoms with Crippen LogP contribution in [0.15, 0.2) is 23.4 Å². The van der Waals surface area contributed by atoms with Crippen LogP contribution in [0.4, 0.5) is 0 Å². The first-order chi connectivity index (χ1) is 8.89. The lowest BCUT2D eigenvalue weighted by Gasteiger charge is -2.45. The molecule has 0 saturated carbocycles. The fourth-order valence-electron chi connectivity index (χ4n) is 3.25. The zero-order valence-corrected chi connectivity index (χ0v) is 12.7. The molecule has 0 aromatic heterocycles. The van der Waals surface area contributed by atoms with E-state index in [0.29, 0.717) is 24.7 Å². The number of aliphatic hydroxyl groups is 2. The zero-order valence-electron chi connectivity index (χ0n) is 12.7. The number of hydrogen-bond donors (Lipinski definition) is 3. The van der Waals surface area contributed by atoms with E-state index < -0.39 is 0 Å². The summed E-state index contributed by atoms with van der Waals surface area (Å²) < 4.78 is 0. The Bertz CT molecular complexity index is 358. The molecule has 0 amide bonds. The molecular formula is C16H29NO2. The highest BCUT2D eigenvalue weighted by atomic mass is 16.3. The second-order valence-electron chi connectivity index (χ2n) is 6.25. The Morgan fingerprint density at radius 3 is 2.26 bits per heavy atom. The molecule has 0 bridgehead atoms. The lowest BCUT2D eigenvalue weighted by Crippen LogP contribution is -2.41. The normalized spacial score (nSPS) is 27.7. The predicted molar refractivity (Wildman–Crippen MR) is 79.4 cm³/mol. The van der Waals surface area contributed by atoms with Gasteiger partial charge in [-0.25, -0.2) is 0 Å². The van der Waals surface area contributed by atoms with E-state index in [1.54, 1.807) is 0 Å². The first kappa shape index (κ1) is 16.3. The van der Waals surface area contributed by atoms with Gasteiger partial charge in [-0.2, -0.15) is 0 Å². The molecule has 2 unspecified atom stereocenters. The van der Waals surface area contributed by atoms with E-state index >= 15 is 0 Å². The van der Waals surface area contributed by atoms with Crippen LogP contribution in [0.3, 0.4) is 0 Å². The SMILES string of the molecule is CC(C)C1=CC(CCO)(C(C)C)C(CCO)C(N)=C1. The lowest BCUT2D eigenvalue weighted by molar-refractivity contribution is 0.0983. The fourth-order valence-corrected chi connectivity index (χ4v) is 3.25. The minimum Gasteiger partial charge on any atom is -0.402 e. The van der Waals surface area contributed by atoms with Gasteiger partial charge in [0.2, 0.25) is 0 Å². The third kappa shape index (κ3) is 3.21. The van der Waals surface area contributed by atoms with Gasteiger partial charge in [-0.15, -0.1) is 0 Å². The van der Waals surface area contributed by atoms with Crippen LogP contribution in [0, 0.1) is 23.2 Å². The molecule has 0 aromatic carbocycles. The molecule has 0 fully saturated rings. The minimum absolute atomic E-state index is 0.118. The van der Waals surface area contributed by atoms with Crippen molar-refractivity contribution in [2.45, 2.75) is 40.5 Å². The Morgan fingerprint density at radius 1 is 1.21 bits per heavy atom. The number of hydrogen-bond acceptors (Lipinski definition) is 3. The van der Waals surface area contributed by atoms with Crippen LogP contribution in [0.1, 0.15) is 40.5 Å². The molecule has 3 nitrogen and oxygen atoms in total. The highest BCUT2D eigenvalue weighted by Gasteiger charge is 2.42. The van der Waals surface area contributed by atoms with Crippen LogP contribution in [0.5, 0.6) is 0 Å². The molecule has 0 saturated heterocycles. The van der Waals surface area contributed by atoms with Crippen molar-refractivity contribution < 1.29 is 10.2 Å². The molecule has 1 aliphatic carbocycles. The summed E-state index contributed by atoms with van der Waals surface area (Å²) in [6, 6.07) is 0. The average molecular weight is 267 g/mol. The second-order valence-corrected chi connectivity index (χ2v) is 6.25. The molecule has 0 heterocycles. The first-order valence-corrected chi connectivity index (χ1v) is 7.30. The largest absolute Gasteiger partial charge is 0.402 e. The van der Waals surface area contributed by atoms with Gasteiger partial charge in [-0.1, -0.05) is 33.8 Å². The standard InChI is InChI=1S/C16H29NO2/c1-11(2)13-9-15(17)14(5-7-18)16(10-13,6-8-19)12(3)4/h9-12,14,18-19H,5-8,17H2,1-4H3. The molecule has 0 aromatic rings. The van der Waals surface area contributed by atoms with E-state index in [1.165, 1.54) is 5.57 Å². The van der Waals surface area contributed by atoms with Crippen molar-refractivity contribution in [2.75, 3.05) is 13.2 Å². The summed E-state index contributed by atoms with van der Waals surface area (Å²) in [5.74, 6) is 0.912. The van der Waals surface area contributed by atoms with Gasteiger partial charge in [0, 0.05) is 30.2 Å². The highest BCUT2D eigenvalue weighted by molar-refractivity contribution is 5.35. The van der Waals surface area contributed by atoms with E-state index in [2.05, 4.69) is 39.8 Å². The molecule has 3 heteroatoms. The third-order valence-corrected chi connectivity index (χ3v) is 4.52. The Hall–Kier alpha value is -0.800. The van der Waals surface area contributed by atoms with Gasteiger partial charge in [0.25, 0.3) is 0 Å². The Balaban J connectivity index is 3.28. The van der Waals surface area contributed by atoms with Crippen LogP contribution in [-0.2, 0) is 0 Å². The Labute approximate surface area is 117 Å². The first-order valence-electron chi connectivity index (χ1n) is 7.30. The maximum Gasteiger partial charge on any atom is 0.0439 e. The van der Waals surface area contributed by atoms with Crippen LogP contribution >= 0.6 is 0 Å². The Kier molecular flexibility index (Phi) is 5.63. The van der Waals surface area contributed by atoms with Crippen molar-refractivity contribution in [3.05, 3.63) is 23.4 Å². The average Bonchev–Trinajstić information content (AvgIpc) is 2.33. The van der Waals surface area contributed by atoms with Crippen LogP contribution < -0.4 is 5.73 Å². The van der Waals surface area contributed by atoms with E-state index in [9.17, 15) is 10.2 Å². The van der Waals surface area contributed by atoms with Gasteiger partial charge < -0.3 is 15.9 Å². The number of nitrogens with two attached hydrogens (primary N) is 1. The van der Waals surface area contributed by atoms with Gasteiger partial charge in [0.15, 0.2) is 0 Å². The maximum absolute atomic E-state index is 9.48. The fraction of sp³-hybridized carbons (Fsp3) is 0.750. The summed E-state index contributed by atoms with van der Waals surface area (Å²) in [6.45, 7) is 8.94. The van der Waals surface area contributed by atoms with Crippen LogP contribution in [0.2, 0.25) is 0 Å². The Morgan fingerprint density at radius 2 is 1.84 bits per heavy atom. The van der Waals surface area contributed by atoms with Crippen molar-refractivity contribution in [3.63, 3.8) is 0 Å². The molecule has 0 aliphatic heterocycles. The van der Waals surface area contributed by atoms with E-state index in [0.717, 1.165) is 5.70 Å². The molecule has 2 atom stereocenters. The monoisotopic (exact) mass is 267 g/mol. The van der Waals surface area contributed by atoms with Crippen LogP contribution in [-0.4, -0.2) is 23.4 Å². The van der Waals surface area contributed by atoms with E-state index in [4.69, 9.17) is 5.73 Å². The van der Waals surface area contributed by atoms with Gasteiger partial charge in [-0.3, -0.25) is 0 Å². The van der Waals surface area contributed by atoms with E-state index in [-0.39, 0.29) is 24.5 Å². The molecule has 1 rings (SSSR count). The summed E-state index contributed by atoms with van der Waals surface area (Å²) in [7, 11) is 0. The number of aliphatic hydroxyl groups excluding tert-OH is 2. The summed E-state index contributed by atoms with van der Waals surface area (Å²) in [5.41, 5.74) is 8.22. The highest BCUT2D eigenvalue weighted by Crippen LogP contribution is 2.48. The van der Waals surface area contributed by atoms with Gasteiger partial charge in [0.1, 0.15) is 0 Å². The molecule has 0 spiro atoms. The smallest absolute Gasteiger partial charge is 0.0439 e.